The van der Waals surface area contributed by atoms with E-state index in [1.165, 1.54) is 24.4 Å². The second kappa shape index (κ2) is 4.94. The maximum Gasteiger partial charge on any atom is 0.141 e. The summed E-state index contributed by atoms with van der Waals surface area (Å²) in [6.45, 7) is 2.18. The van der Waals surface area contributed by atoms with Gasteiger partial charge in [-0.2, -0.15) is 11.8 Å². The van der Waals surface area contributed by atoms with Gasteiger partial charge in [0.1, 0.15) is 5.82 Å². The molecule has 2 atom stereocenters. The summed E-state index contributed by atoms with van der Waals surface area (Å²) in [5.41, 5.74) is 0.942. The Hall–Kier alpha value is -0.610. The monoisotopic (exact) mass is 226 g/mol. The van der Waals surface area contributed by atoms with Crippen molar-refractivity contribution in [2.75, 3.05) is 11.5 Å². The molecule has 0 saturated carbocycles. The van der Waals surface area contributed by atoms with Crippen molar-refractivity contribution in [2.45, 2.75) is 25.4 Å². The normalized spacial score (nSPS) is 27.3. The summed E-state index contributed by atoms with van der Waals surface area (Å²) in [4.78, 5) is 4.13. The lowest BCUT2D eigenvalue weighted by Gasteiger charge is -2.18. The van der Waals surface area contributed by atoms with E-state index in [0.29, 0.717) is 6.04 Å². The molecule has 1 aromatic rings. The Morgan fingerprint density at radius 3 is 3.13 bits per heavy atom. The van der Waals surface area contributed by atoms with Crippen LogP contribution in [0.5, 0.6) is 0 Å². The van der Waals surface area contributed by atoms with Crippen LogP contribution in [0.2, 0.25) is 0 Å². The molecule has 0 aliphatic carbocycles. The van der Waals surface area contributed by atoms with Crippen LogP contribution in [0.3, 0.4) is 0 Å². The Morgan fingerprint density at radius 1 is 1.53 bits per heavy atom. The first kappa shape index (κ1) is 10.9. The minimum absolute atomic E-state index is 0.257. The van der Waals surface area contributed by atoms with E-state index in [9.17, 15) is 4.39 Å². The topological polar surface area (TPSA) is 24.9 Å². The molecule has 82 valence electrons. The van der Waals surface area contributed by atoms with Crippen molar-refractivity contribution in [3.05, 3.63) is 29.8 Å². The molecule has 2 heterocycles. The lowest BCUT2D eigenvalue weighted by Crippen LogP contribution is -2.30. The molecule has 1 aliphatic rings. The number of thioether (sulfide) groups is 1. The number of nitrogens with one attached hydrogen (secondary N) is 1. The van der Waals surface area contributed by atoms with E-state index in [1.54, 1.807) is 6.07 Å². The lowest BCUT2D eigenvalue weighted by atomic mass is 10.1. The van der Waals surface area contributed by atoms with Gasteiger partial charge in [-0.25, -0.2) is 4.39 Å². The molecular weight excluding hydrogens is 211 g/mol. The summed E-state index contributed by atoms with van der Waals surface area (Å²) in [7, 11) is 0. The van der Waals surface area contributed by atoms with Crippen molar-refractivity contribution in [1.82, 2.24) is 10.3 Å². The third-order valence-corrected chi connectivity index (χ3v) is 3.67. The van der Waals surface area contributed by atoms with Crippen molar-refractivity contribution >= 4 is 11.8 Å². The second-order valence-electron chi connectivity index (χ2n) is 3.89. The summed E-state index contributed by atoms with van der Waals surface area (Å²) in [6, 6.07) is 4.01. The van der Waals surface area contributed by atoms with Crippen molar-refractivity contribution in [2.24, 2.45) is 0 Å². The van der Waals surface area contributed by atoms with Gasteiger partial charge < -0.3 is 5.32 Å². The zero-order valence-electron chi connectivity index (χ0n) is 8.74. The van der Waals surface area contributed by atoms with Crippen molar-refractivity contribution in [3.8, 4) is 0 Å². The highest BCUT2D eigenvalue weighted by atomic mass is 32.2. The molecule has 0 aromatic carbocycles. The minimum atomic E-state index is -0.270. The Morgan fingerprint density at radius 2 is 2.40 bits per heavy atom. The number of nitrogens with zero attached hydrogens (tertiary/aromatic N) is 1. The molecule has 2 nitrogen and oxygen atoms in total. The van der Waals surface area contributed by atoms with Crippen molar-refractivity contribution in [3.63, 3.8) is 0 Å². The second-order valence-corrected chi connectivity index (χ2v) is 5.04. The number of halogens is 1. The summed E-state index contributed by atoms with van der Waals surface area (Å²) in [6.07, 6.45) is 2.47. The third kappa shape index (κ3) is 2.92. The molecule has 15 heavy (non-hydrogen) atoms. The number of hydrogen-bond acceptors (Lipinski definition) is 3. The number of rotatable bonds is 1. The molecule has 0 bridgehead atoms. The van der Waals surface area contributed by atoms with Crippen LogP contribution in [0.15, 0.2) is 18.3 Å². The first-order chi connectivity index (χ1) is 7.25. The predicted molar refractivity (Wildman–Crippen MR) is 61.5 cm³/mol. The van der Waals surface area contributed by atoms with Gasteiger partial charge in [0, 0.05) is 11.8 Å². The Labute approximate surface area is 93.7 Å². The van der Waals surface area contributed by atoms with E-state index in [-0.39, 0.29) is 11.9 Å². The first-order valence-corrected chi connectivity index (χ1v) is 6.36. The molecule has 2 unspecified atom stereocenters. The maximum absolute atomic E-state index is 12.7. The van der Waals surface area contributed by atoms with Gasteiger partial charge in [0.05, 0.1) is 17.9 Å². The summed E-state index contributed by atoms with van der Waals surface area (Å²) < 4.78 is 12.7. The van der Waals surface area contributed by atoms with Crippen LogP contribution in [0.25, 0.3) is 0 Å². The molecule has 0 amide bonds. The van der Waals surface area contributed by atoms with Gasteiger partial charge >= 0.3 is 0 Å². The summed E-state index contributed by atoms with van der Waals surface area (Å²) >= 11 is 1.93. The van der Waals surface area contributed by atoms with E-state index in [4.69, 9.17) is 0 Å². The van der Waals surface area contributed by atoms with E-state index < -0.39 is 0 Å². The van der Waals surface area contributed by atoms with Gasteiger partial charge in [0.25, 0.3) is 0 Å². The fourth-order valence-electron chi connectivity index (χ4n) is 1.70. The molecule has 1 N–H and O–H groups in total. The number of aromatic nitrogens is 1. The molecule has 2 rings (SSSR count). The van der Waals surface area contributed by atoms with Gasteiger partial charge in [-0.3, -0.25) is 4.98 Å². The van der Waals surface area contributed by atoms with E-state index in [2.05, 4.69) is 17.2 Å². The van der Waals surface area contributed by atoms with Crippen LogP contribution < -0.4 is 5.32 Å². The van der Waals surface area contributed by atoms with Gasteiger partial charge in [-0.1, -0.05) is 0 Å². The molecule has 1 aliphatic heterocycles. The summed E-state index contributed by atoms with van der Waals surface area (Å²) in [5.74, 6) is 1.93. The van der Waals surface area contributed by atoms with Gasteiger partial charge in [0.15, 0.2) is 0 Å². The van der Waals surface area contributed by atoms with E-state index in [0.717, 1.165) is 11.4 Å². The SMILES string of the molecule is CC1CCSCC(c2ccc(F)cn2)N1. The highest BCUT2D eigenvalue weighted by molar-refractivity contribution is 7.99. The fourth-order valence-corrected chi connectivity index (χ4v) is 2.89. The molecule has 1 fully saturated rings. The molecule has 1 aromatic heterocycles. The highest BCUT2D eigenvalue weighted by Gasteiger charge is 2.18. The minimum Gasteiger partial charge on any atom is -0.305 e. The summed E-state index contributed by atoms with van der Waals surface area (Å²) in [5, 5.41) is 3.51. The smallest absolute Gasteiger partial charge is 0.141 e. The Balaban J connectivity index is 2.11. The average Bonchev–Trinajstić information content (AvgIpc) is 2.44. The van der Waals surface area contributed by atoms with Crippen LogP contribution in [0.4, 0.5) is 4.39 Å². The molecule has 0 spiro atoms. The standard InChI is InChI=1S/C11H15FN2S/c1-8-4-5-15-7-11(14-8)10-3-2-9(12)6-13-10/h2-3,6,8,11,14H,4-5,7H2,1H3. The van der Waals surface area contributed by atoms with Crippen LogP contribution >= 0.6 is 11.8 Å². The van der Waals surface area contributed by atoms with Crippen molar-refractivity contribution in [1.29, 1.82) is 0 Å². The maximum atomic E-state index is 12.7. The first-order valence-electron chi connectivity index (χ1n) is 5.21. The molecule has 0 radical (unpaired) electrons. The predicted octanol–water partition coefficient (Wildman–Crippen LogP) is 2.38. The van der Waals surface area contributed by atoms with Crippen LogP contribution in [0, 0.1) is 5.82 Å². The zero-order valence-corrected chi connectivity index (χ0v) is 9.56. The highest BCUT2D eigenvalue weighted by Crippen LogP contribution is 2.22. The Kier molecular flexibility index (Phi) is 3.59. The zero-order chi connectivity index (χ0) is 10.7. The van der Waals surface area contributed by atoms with Gasteiger partial charge in [0.2, 0.25) is 0 Å². The van der Waals surface area contributed by atoms with Crippen LogP contribution in [0.1, 0.15) is 25.1 Å². The molecule has 4 heteroatoms. The van der Waals surface area contributed by atoms with Crippen LogP contribution in [-0.4, -0.2) is 22.5 Å². The Bertz CT molecular complexity index is 315. The van der Waals surface area contributed by atoms with Gasteiger partial charge in [-0.15, -0.1) is 0 Å². The fraction of sp³-hybridized carbons (Fsp3) is 0.545. The van der Waals surface area contributed by atoms with Gasteiger partial charge in [-0.05, 0) is 31.2 Å². The molecule has 1 saturated heterocycles. The number of pyridine rings is 1. The van der Waals surface area contributed by atoms with Crippen LogP contribution in [-0.2, 0) is 0 Å². The largest absolute Gasteiger partial charge is 0.305 e. The molecular formula is C11H15FN2S. The van der Waals surface area contributed by atoms with Crippen molar-refractivity contribution < 1.29 is 4.39 Å². The average molecular weight is 226 g/mol. The van der Waals surface area contributed by atoms with E-state index >= 15 is 0 Å². The number of hydrogen-bond donors (Lipinski definition) is 1. The lowest BCUT2D eigenvalue weighted by molar-refractivity contribution is 0.476. The van der Waals surface area contributed by atoms with E-state index in [1.807, 2.05) is 11.8 Å². The third-order valence-electron chi connectivity index (χ3n) is 2.57. The quantitative estimate of drug-likeness (QED) is 0.796.